The van der Waals surface area contributed by atoms with Crippen LogP contribution in [0.3, 0.4) is 0 Å². The Morgan fingerprint density at radius 3 is 2.60 bits per heavy atom. The zero-order valence-corrected chi connectivity index (χ0v) is 9.62. The molecule has 0 aromatic heterocycles. The summed E-state index contributed by atoms with van der Waals surface area (Å²) in [6, 6.07) is 0. The van der Waals surface area contributed by atoms with Crippen LogP contribution in [0.5, 0.6) is 0 Å². The van der Waals surface area contributed by atoms with Gasteiger partial charge < -0.3 is 4.74 Å². The number of rotatable bonds is 5. The Morgan fingerprint density at radius 1 is 1.33 bits per heavy atom. The highest BCUT2D eigenvalue weighted by atomic mass is 16.5. The average molecular weight is 212 g/mol. The van der Waals surface area contributed by atoms with Gasteiger partial charge in [0.25, 0.3) is 0 Å². The summed E-state index contributed by atoms with van der Waals surface area (Å²) in [5, 5.41) is 0. The second-order valence-electron chi connectivity index (χ2n) is 4.51. The van der Waals surface area contributed by atoms with Crippen molar-refractivity contribution in [1.82, 2.24) is 0 Å². The van der Waals surface area contributed by atoms with E-state index in [2.05, 4.69) is 6.92 Å². The molecule has 1 aliphatic rings. The van der Waals surface area contributed by atoms with Gasteiger partial charge in [-0.1, -0.05) is 13.3 Å². The van der Waals surface area contributed by atoms with Gasteiger partial charge in [0.05, 0.1) is 6.61 Å². The molecule has 0 aliphatic heterocycles. The standard InChI is InChI=1S/C12H20O3/c1-3-15-12(14)8-11(13)7-10-5-4-9(2)6-10/h9-10H,3-8H2,1-2H3. The molecule has 1 fully saturated rings. The van der Waals surface area contributed by atoms with Gasteiger partial charge in [-0.2, -0.15) is 0 Å². The molecule has 0 bridgehead atoms. The fourth-order valence-corrected chi connectivity index (χ4v) is 2.28. The second-order valence-corrected chi connectivity index (χ2v) is 4.51. The molecule has 2 atom stereocenters. The molecule has 0 aromatic carbocycles. The molecule has 1 aliphatic carbocycles. The fraction of sp³-hybridized carbons (Fsp3) is 0.833. The minimum Gasteiger partial charge on any atom is -0.466 e. The van der Waals surface area contributed by atoms with Gasteiger partial charge in [0.2, 0.25) is 0 Å². The van der Waals surface area contributed by atoms with E-state index in [0.717, 1.165) is 18.8 Å². The predicted molar refractivity (Wildman–Crippen MR) is 57.4 cm³/mol. The number of ether oxygens (including phenoxy) is 1. The van der Waals surface area contributed by atoms with Crippen LogP contribution in [0.2, 0.25) is 0 Å². The fourth-order valence-electron chi connectivity index (χ4n) is 2.28. The Hall–Kier alpha value is -0.860. The van der Waals surface area contributed by atoms with Crippen molar-refractivity contribution in [3.05, 3.63) is 0 Å². The third kappa shape index (κ3) is 4.45. The van der Waals surface area contributed by atoms with Crippen LogP contribution in [0, 0.1) is 11.8 Å². The quantitative estimate of drug-likeness (QED) is 0.519. The summed E-state index contributed by atoms with van der Waals surface area (Å²) in [5.41, 5.74) is 0. The third-order valence-corrected chi connectivity index (χ3v) is 2.97. The van der Waals surface area contributed by atoms with Crippen LogP contribution >= 0.6 is 0 Å². The van der Waals surface area contributed by atoms with Crippen LogP contribution in [-0.2, 0) is 14.3 Å². The molecule has 0 N–H and O–H groups in total. The van der Waals surface area contributed by atoms with Crippen LogP contribution in [-0.4, -0.2) is 18.4 Å². The lowest BCUT2D eigenvalue weighted by Crippen LogP contribution is -2.13. The zero-order chi connectivity index (χ0) is 11.3. The molecule has 0 aromatic rings. The van der Waals surface area contributed by atoms with E-state index in [-0.39, 0.29) is 18.2 Å². The molecule has 0 spiro atoms. The van der Waals surface area contributed by atoms with Crippen molar-refractivity contribution in [1.29, 1.82) is 0 Å². The van der Waals surface area contributed by atoms with E-state index in [1.54, 1.807) is 6.92 Å². The Labute approximate surface area is 91.2 Å². The lowest BCUT2D eigenvalue weighted by Gasteiger charge is -2.07. The topological polar surface area (TPSA) is 43.4 Å². The van der Waals surface area contributed by atoms with E-state index in [1.165, 1.54) is 6.42 Å². The van der Waals surface area contributed by atoms with Crippen molar-refractivity contribution >= 4 is 11.8 Å². The minimum atomic E-state index is -0.381. The van der Waals surface area contributed by atoms with Gasteiger partial charge in [-0.3, -0.25) is 9.59 Å². The Kier molecular flexibility index (Phi) is 4.79. The molecule has 0 saturated heterocycles. The van der Waals surface area contributed by atoms with E-state index < -0.39 is 0 Å². The Balaban J connectivity index is 2.21. The maximum absolute atomic E-state index is 11.5. The van der Waals surface area contributed by atoms with E-state index >= 15 is 0 Å². The molecule has 86 valence electrons. The summed E-state index contributed by atoms with van der Waals surface area (Å²) in [4.78, 5) is 22.5. The highest BCUT2D eigenvalue weighted by Gasteiger charge is 2.24. The van der Waals surface area contributed by atoms with Crippen LogP contribution in [0.1, 0.15) is 46.0 Å². The van der Waals surface area contributed by atoms with Gasteiger partial charge in [-0.25, -0.2) is 0 Å². The molecule has 3 nitrogen and oxygen atoms in total. The lowest BCUT2D eigenvalue weighted by molar-refractivity contribution is -0.145. The molecule has 0 heterocycles. The molecular formula is C12H20O3. The summed E-state index contributed by atoms with van der Waals surface area (Å²) >= 11 is 0. The number of ketones is 1. The second kappa shape index (κ2) is 5.89. The largest absolute Gasteiger partial charge is 0.466 e. The van der Waals surface area contributed by atoms with Crippen molar-refractivity contribution in [2.45, 2.75) is 46.0 Å². The van der Waals surface area contributed by atoms with Crippen molar-refractivity contribution < 1.29 is 14.3 Å². The summed E-state index contributed by atoms with van der Waals surface area (Å²) < 4.78 is 4.74. The average Bonchev–Trinajstić information content (AvgIpc) is 2.51. The first-order chi connectivity index (χ1) is 7.11. The summed E-state index contributed by atoms with van der Waals surface area (Å²) in [6.45, 7) is 4.32. The molecule has 0 radical (unpaired) electrons. The van der Waals surface area contributed by atoms with E-state index in [4.69, 9.17) is 4.74 Å². The van der Waals surface area contributed by atoms with Crippen molar-refractivity contribution in [3.8, 4) is 0 Å². The smallest absolute Gasteiger partial charge is 0.313 e. The summed E-state index contributed by atoms with van der Waals surface area (Å²) in [5.74, 6) is 0.897. The highest BCUT2D eigenvalue weighted by molar-refractivity contribution is 5.95. The Bertz CT molecular complexity index is 235. The minimum absolute atomic E-state index is 0.0348. The number of esters is 1. The molecule has 3 heteroatoms. The predicted octanol–water partition coefficient (Wildman–Crippen LogP) is 2.33. The van der Waals surface area contributed by atoms with Crippen LogP contribution in [0.15, 0.2) is 0 Å². The molecule has 1 rings (SSSR count). The number of hydrogen-bond acceptors (Lipinski definition) is 3. The molecule has 0 amide bonds. The highest BCUT2D eigenvalue weighted by Crippen LogP contribution is 2.32. The molecule has 15 heavy (non-hydrogen) atoms. The van der Waals surface area contributed by atoms with Crippen LogP contribution in [0.25, 0.3) is 0 Å². The molecule has 2 unspecified atom stereocenters. The van der Waals surface area contributed by atoms with Gasteiger partial charge in [-0.05, 0) is 31.6 Å². The lowest BCUT2D eigenvalue weighted by atomic mass is 9.98. The van der Waals surface area contributed by atoms with Crippen molar-refractivity contribution in [2.75, 3.05) is 6.61 Å². The van der Waals surface area contributed by atoms with Gasteiger partial charge in [0.1, 0.15) is 12.2 Å². The van der Waals surface area contributed by atoms with Crippen molar-refractivity contribution in [2.24, 2.45) is 11.8 Å². The van der Waals surface area contributed by atoms with Crippen LogP contribution in [0.4, 0.5) is 0 Å². The molecule has 1 saturated carbocycles. The first-order valence-corrected chi connectivity index (χ1v) is 5.79. The zero-order valence-electron chi connectivity index (χ0n) is 9.62. The van der Waals surface area contributed by atoms with E-state index in [9.17, 15) is 9.59 Å². The summed E-state index contributed by atoms with van der Waals surface area (Å²) in [6.07, 6.45) is 4.00. The number of carbonyl (C=O) groups excluding carboxylic acids is 2. The monoisotopic (exact) mass is 212 g/mol. The van der Waals surface area contributed by atoms with Gasteiger partial charge in [0.15, 0.2) is 0 Å². The van der Waals surface area contributed by atoms with E-state index in [0.29, 0.717) is 18.9 Å². The van der Waals surface area contributed by atoms with Gasteiger partial charge >= 0.3 is 5.97 Å². The normalized spacial score (nSPS) is 25.2. The maximum atomic E-state index is 11.5. The van der Waals surface area contributed by atoms with E-state index in [1.807, 2.05) is 0 Å². The third-order valence-electron chi connectivity index (χ3n) is 2.97. The first kappa shape index (κ1) is 12.2. The molecular weight excluding hydrogens is 192 g/mol. The maximum Gasteiger partial charge on any atom is 0.313 e. The SMILES string of the molecule is CCOC(=O)CC(=O)CC1CCC(C)C1. The number of carbonyl (C=O) groups is 2. The van der Waals surface area contributed by atoms with Crippen molar-refractivity contribution in [3.63, 3.8) is 0 Å². The van der Waals surface area contributed by atoms with Crippen LogP contribution < -0.4 is 0 Å². The summed E-state index contributed by atoms with van der Waals surface area (Å²) in [7, 11) is 0. The Morgan fingerprint density at radius 2 is 2.07 bits per heavy atom. The van der Waals surface area contributed by atoms with Gasteiger partial charge in [-0.15, -0.1) is 0 Å². The first-order valence-electron chi connectivity index (χ1n) is 5.79. The van der Waals surface area contributed by atoms with Gasteiger partial charge in [0, 0.05) is 6.42 Å². The number of Topliss-reactive ketones (excluding diaryl/α,β-unsaturated/α-hetero) is 1. The number of hydrogen-bond donors (Lipinski definition) is 0.